The third kappa shape index (κ3) is 16.7. The lowest BCUT2D eigenvalue weighted by atomic mass is 9.85. The SMILES string of the molecule is C1CCOCC1.C=N/C=C(\NCC1CCCN1C(=O)CNC=O)c1ccc2c(c1)C(F)(P)C1=CC(c3ccc(NC(CN(C)C4CCCC4)=NC)cc3)CC=C12.COC.COC(=O)NC(C=O)c1ccccc1. The Kier molecular flexibility index (Phi) is 23.9. The summed E-state index contributed by atoms with van der Waals surface area (Å²) in [5, 5.41) is 10.1. The van der Waals surface area contributed by atoms with Crippen molar-refractivity contribution in [3.05, 3.63) is 125 Å². The number of hydrogen-bond acceptors (Lipinski definition) is 11. The summed E-state index contributed by atoms with van der Waals surface area (Å²) in [6.07, 6.45) is 18.1. The molecule has 394 valence electrons. The molecule has 8 rings (SSSR count). The Hall–Kier alpha value is -6.06. The molecule has 0 radical (unpaired) electrons. The second-order valence-corrected chi connectivity index (χ2v) is 19.3. The van der Waals surface area contributed by atoms with Crippen LogP contribution in [-0.2, 0) is 34.0 Å². The van der Waals surface area contributed by atoms with Crippen LogP contribution >= 0.6 is 9.24 Å². The molecule has 5 atom stereocenters. The van der Waals surface area contributed by atoms with Gasteiger partial charge in [-0.3, -0.25) is 24.5 Å². The first-order chi connectivity index (χ1) is 35.4. The van der Waals surface area contributed by atoms with Crippen LogP contribution < -0.4 is 21.3 Å². The highest BCUT2D eigenvalue weighted by molar-refractivity contribution is 7.18. The third-order valence-electron chi connectivity index (χ3n) is 13.5. The van der Waals surface area contributed by atoms with Crippen molar-refractivity contribution in [2.45, 2.75) is 93.7 Å². The molecule has 3 fully saturated rings. The van der Waals surface area contributed by atoms with Gasteiger partial charge >= 0.3 is 6.09 Å². The number of halogens is 1. The van der Waals surface area contributed by atoms with Crippen molar-refractivity contribution in [2.75, 3.05) is 80.1 Å². The summed E-state index contributed by atoms with van der Waals surface area (Å²) in [6, 6.07) is 23.2. The molecular weight excluding hydrogens is 947 g/mol. The molecule has 3 amide bonds. The second-order valence-electron chi connectivity index (χ2n) is 18.5. The molecule has 0 bridgehead atoms. The maximum absolute atomic E-state index is 16.9. The number of fused-ring (bicyclic) bond motifs is 3. The zero-order valence-corrected chi connectivity index (χ0v) is 44.4. The van der Waals surface area contributed by atoms with Crippen LogP contribution in [0.2, 0.25) is 0 Å². The number of aldehydes is 1. The quantitative estimate of drug-likeness (QED) is 0.0471. The number of anilines is 1. The summed E-state index contributed by atoms with van der Waals surface area (Å²) in [6.45, 7) is 7.58. The van der Waals surface area contributed by atoms with Gasteiger partial charge in [-0.1, -0.05) is 88.8 Å². The monoisotopic (exact) mass is 1020 g/mol. The fraction of sp³-hybridized carbons (Fsp3) is 0.464. The van der Waals surface area contributed by atoms with Crippen LogP contribution in [-0.4, -0.2) is 134 Å². The summed E-state index contributed by atoms with van der Waals surface area (Å²) in [5.41, 5.74) is 7.48. The Morgan fingerprint density at radius 3 is 2.30 bits per heavy atom. The molecule has 73 heavy (non-hydrogen) atoms. The number of alkyl halides is 1. The van der Waals surface area contributed by atoms with Crippen molar-refractivity contribution in [3.8, 4) is 0 Å². The smallest absolute Gasteiger partial charge is 0.407 e. The molecule has 0 aromatic heterocycles. The van der Waals surface area contributed by atoms with E-state index in [1.54, 1.807) is 49.6 Å². The molecule has 3 aromatic rings. The Balaban J connectivity index is 0.000000352. The van der Waals surface area contributed by atoms with Gasteiger partial charge in [-0.15, -0.1) is 0 Å². The predicted molar refractivity (Wildman–Crippen MR) is 293 cm³/mol. The minimum absolute atomic E-state index is 0.0169. The van der Waals surface area contributed by atoms with Gasteiger partial charge in [0.2, 0.25) is 12.3 Å². The maximum Gasteiger partial charge on any atom is 0.407 e. The molecule has 3 aliphatic carbocycles. The largest absolute Gasteiger partial charge is 0.453 e. The molecule has 2 heterocycles. The van der Waals surface area contributed by atoms with E-state index in [-0.39, 0.29) is 24.4 Å². The summed E-state index contributed by atoms with van der Waals surface area (Å²) < 4.78 is 30.6. The fourth-order valence-electron chi connectivity index (χ4n) is 9.65. The number of methoxy groups -OCH3 is 2. The van der Waals surface area contributed by atoms with E-state index >= 15 is 4.39 Å². The molecule has 15 nitrogen and oxygen atoms in total. The number of likely N-dealkylation sites (N-methyl/N-ethyl adjacent to an activating group) is 1. The van der Waals surface area contributed by atoms with E-state index < -0.39 is 17.5 Å². The van der Waals surface area contributed by atoms with E-state index in [9.17, 15) is 19.2 Å². The fourth-order valence-corrected chi connectivity index (χ4v) is 10.1. The molecule has 17 heteroatoms. The second kappa shape index (κ2) is 30.2. The molecule has 5 aliphatic rings. The van der Waals surface area contributed by atoms with Gasteiger partial charge in [0, 0.05) is 88.6 Å². The van der Waals surface area contributed by atoms with Crippen molar-refractivity contribution in [1.29, 1.82) is 0 Å². The summed E-state index contributed by atoms with van der Waals surface area (Å²) in [4.78, 5) is 57.6. The molecule has 5 unspecified atom stereocenters. The number of alkyl carbamates (subject to hydrolysis) is 1. The number of benzene rings is 3. The highest BCUT2D eigenvalue weighted by Gasteiger charge is 2.44. The topological polar surface area (TPSA) is 175 Å². The predicted octanol–water partition coefficient (Wildman–Crippen LogP) is 8.57. The van der Waals surface area contributed by atoms with Crippen LogP contribution in [0.4, 0.5) is 14.9 Å². The Morgan fingerprint density at radius 1 is 0.986 bits per heavy atom. The van der Waals surface area contributed by atoms with Crippen molar-refractivity contribution in [2.24, 2.45) is 9.98 Å². The maximum atomic E-state index is 16.9. The number of carbonyl (C=O) groups excluding carboxylic acids is 4. The first kappa shape index (κ1) is 57.8. The van der Waals surface area contributed by atoms with Crippen LogP contribution in [0.3, 0.4) is 0 Å². The van der Waals surface area contributed by atoms with Gasteiger partial charge in [0.05, 0.1) is 25.9 Å². The number of hydrogen-bond donors (Lipinski definition) is 4. The van der Waals surface area contributed by atoms with Crippen molar-refractivity contribution >= 4 is 63.4 Å². The number of likely N-dealkylation sites (tertiary alicyclic amines) is 1. The van der Waals surface area contributed by atoms with E-state index in [4.69, 9.17) is 4.74 Å². The van der Waals surface area contributed by atoms with E-state index in [0.29, 0.717) is 48.7 Å². The zero-order chi connectivity index (χ0) is 52.6. The van der Waals surface area contributed by atoms with Gasteiger partial charge < -0.3 is 45.2 Å². The van der Waals surface area contributed by atoms with Gasteiger partial charge in [0.25, 0.3) is 0 Å². The lowest BCUT2D eigenvalue weighted by molar-refractivity contribution is -0.132. The Labute approximate surface area is 433 Å². The van der Waals surface area contributed by atoms with Gasteiger partial charge in [-0.25, -0.2) is 9.18 Å². The van der Waals surface area contributed by atoms with E-state index in [1.807, 2.05) is 31.3 Å². The molecule has 2 aliphatic heterocycles. The molecule has 3 aromatic carbocycles. The average molecular weight is 1020 g/mol. The Morgan fingerprint density at radius 2 is 1.70 bits per heavy atom. The summed E-state index contributed by atoms with van der Waals surface area (Å²) in [5.74, 6) is 0.898. The number of allylic oxidation sites excluding steroid dienone is 4. The summed E-state index contributed by atoms with van der Waals surface area (Å²) >= 11 is 0. The van der Waals surface area contributed by atoms with Crippen LogP contribution in [0.1, 0.15) is 104 Å². The standard InChI is InChI=1S/C39H49FN7O2P.C10H11NO3.C5H10O.C2H6O/c1-41-22-36(44-21-31-9-6-18-47(31)38(49)23-43-25-48)28-13-17-33-32-16-12-27(19-34(32)39(40,50)35(33)20-28)26-10-14-29(15-11-26)45-37(42-2)24-46(3)30-7-4-5-8-30;1-14-10(13)11-9(7-12)8-5-3-2-4-6-8;1-2-4-6-5-3-1;1-3-2/h10-11,13-17,19-20,22,25,27,30-31,44H,1,4-9,12,18,21,23-24,50H2,2-3H3,(H,42,45)(H,43,48);2-7,9H,1H3,(H,11,13);1-5H2;1-2H3/b36-22-;;;. The van der Waals surface area contributed by atoms with Crippen LogP contribution in [0.5, 0.6) is 0 Å². The molecular formula is C56H76FN8O7P. The number of nitrogens with one attached hydrogen (secondary N) is 4. The van der Waals surface area contributed by atoms with E-state index in [2.05, 4.69) is 105 Å². The number of amides is 3. The van der Waals surface area contributed by atoms with Crippen LogP contribution in [0.25, 0.3) is 11.3 Å². The average Bonchev–Trinajstić information content (AvgIpc) is 4.19. The lowest BCUT2D eigenvalue weighted by Crippen LogP contribution is -2.44. The van der Waals surface area contributed by atoms with E-state index in [0.717, 1.165) is 78.4 Å². The van der Waals surface area contributed by atoms with Crippen LogP contribution in [0, 0.1) is 0 Å². The first-order valence-electron chi connectivity index (χ1n) is 25.2. The van der Waals surface area contributed by atoms with Crippen molar-refractivity contribution in [1.82, 2.24) is 25.8 Å². The lowest BCUT2D eigenvalue weighted by Gasteiger charge is -2.26. The van der Waals surface area contributed by atoms with Gasteiger partial charge in [-0.2, -0.15) is 0 Å². The van der Waals surface area contributed by atoms with Crippen LogP contribution in [0.15, 0.2) is 107 Å². The number of ether oxygens (including phenoxy) is 3. The third-order valence-corrected chi connectivity index (χ3v) is 14.1. The minimum Gasteiger partial charge on any atom is -0.453 e. The number of carbonyl (C=O) groups is 4. The van der Waals surface area contributed by atoms with Crippen molar-refractivity contribution < 1.29 is 37.8 Å². The number of aliphatic imine (C=N–C) groups is 2. The number of nitrogens with zero attached hydrogens (tertiary/aromatic N) is 4. The Bertz CT molecular complexity index is 2370. The normalized spacial score (nSPS) is 20.6. The van der Waals surface area contributed by atoms with Crippen molar-refractivity contribution in [3.63, 3.8) is 0 Å². The highest BCUT2D eigenvalue weighted by atomic mass is 31.0. The molecule has 4 N–H and O–H groups in total. The van der Waals surface area contributed by atoms with Gasteiger partial charge in [-0.05, 0) is 111 Å². The minimum atomic E-state index is -1.75. The van der Waals surface area contributed by atoms with Gasteiger partial charge in [0.15, 0.2) is 5.41 Å². The number of rotatable bonds is 16. The highest BCUT2D eigenvalue weighted by Crippen LogP contribution is 2.57. The zero-order valence-electron chi connectivity index (χ0n) is 43.2. The number of amidine groups is 1. The van der Waals surface area contributed by atoms with E-state index in [1.165, 1.54) is 52.1 Å². The first-order valence-corrected chi connectivity index (χ1v) is 25.8. The molecule has 2 saturated heterocycles. The molecule has 1 saturated carbocycles. The molecule has 0 spiro atoms. The van der Waals surface area contributed by atoms with Gasteiger partial charge in [0.1, 0.15) is 18.2 Å². The summed E-state index contributed by atoms with van der Waals surface area (Å²) in [7, 11) is 11.0.